The molecule has 12 amide bonds. The lowest BCUT2D eigenvalue weighted by molar-refractivity contribution is -0.143. The van der Waals surface area contributed by atoms with Crippen molar-refractivity contribution in [3.05, 3.63) is 0 Å². The fraction of sp³-hybridized carbons (Fsp3) is 0.765. The molecule has 0 aliphatic heterocycles. The number of nitrogens with zero attached hydrogens (tertiary/aromatic N) is 3. The quantitative estimate of drug-likeness (QED) is 0.0153. The van der Waals surface area contributed by atoms with Crippen LogP contribution in [0.5, 0.6) is 0 Å². The second kappa shape index (κ2) is 59.4. The molecule has 0 aliphatic rings. The van der Waals surface area contributed by atoms with E-state index >= 15 is 0 Å². The van der Waals surface area contributed by atoms with E-state index in [1.807, 2.05) is 0 Å². The van der Waals surface area contributed by atoms with E-state index in [9.17, 15) is 72.5 Å². The number of rotatable bonds is 64. The molecule has 111 heavy (non-hydrogen) atoms. The molecule has 41 N–H and O–H groups in total. The van der Waals surface area contributed by atoms with Crippen LogP contribution in [0.3, 0.4) is 0 Å². The first-order valence-electron chi connectivity index (χ1n) is 38.3. The number of aliphatic hydroxyl groups is 1. The SMILES string of the molecule is CC(C)[C@H](NC(=O)[C@H](CCCN=C(N)N)NC(=O)[C@H](CCC(N)=O)NC(=O)[C@H](CCCCN)NC(=O)[C@H](CCCCN)NC(=O)[C@H](CCCN=C(N)N)NC(=O)[C@H](CCCCN)NC(=O)[C@H](CCCN=C(N)N)NC(=O)[C@H](CCCCN)NC(=O)[C@@H](NC(=O)[C@@H](N)CCCCN)[C@@H](C)O)C(=O)N[C@@H](CCCCN)C(=O)O. The van der Waals surface area contributed by atoms with Gasteiger partial charge in [0, 0.05) is 26.1 Å². The Kier molecular flexibility index (Phi) is 54.4. The highest BCUT2D eigenvalue weighted by Crippen LogP contribution is 2.15. The zero-order chi connectivity index (χ0) is 84.0. The van der Waals surface area contributed by atoms with Gasteiger partial charge in [-0.25, -0.2) is 4.79 Å². The molecule has 0 bridgehead atoms. The van der Waals surface area contributed by atoms with E-state index in [1.54, 1.807) is 13.8 Å². The molecule has 0 aromatic rings. The van der Waals surface area contributed by atoms with Crippen molar-refractivity contribution in [1.82, 2.24) is 58.5 Å². The Morgan fingerprint density at radius 1 is 0.288 bits per heavy atom. The van der Waals surface area contributed by atoms with Crippen LogP contribution in [0.2, 0.25) is 0 Å². The standard InChI is InChI=1S/C68H134N28O15/c1-39(2)52(63(108)94-50(65(110)111)24-9-15-35-74)95-62(107)48(27-18-38-85-68(81)82)91-61(106)49(28-29-51(76)98)92-57(102)44(22-7-13-33-72)86-55(100)42(20-5-11-31-70)87-59(104)46(25-16-36-83-66(77)78)89-56(101)43(21-6-12-32-71)88-60(105)47(26-17-37-84-67(79)80)90-58(103)45(23-8-14-34-73)93-64(109)53(40(3)97)96-54(99)41(75)19-4-10-30-69/h39-50,52-53,97H,4-38,69-75H2,1-3H3,(H2,76,98)(H,86,100)(H,87,104)(H,88,105)(H,89,101)(H,90,103)(H,91,106)(H,92,102)(H,93,109)(H,94,108)(H,95,107)(H,96,99)(H,110,111)(H4,77,78,83)(H4,79,80,84)(H4,81,82,85)/t40-,41+,42+,43+,44+,45+,46+,47+,48+,49+,50+,52+,53+/m1/s1. The van der Waals surface area contributed by atoms with Gasteiger partial charge in [-0.15, -0.1) is 0 Å². The van der Waals surface area contributed by atoms with Crippen molar-refractivity contribution in [3.63, 3.8) is 0 Å². The molecule has 0 radical (unpaired) electrons. The molecule has 0 unspecified atom stereocenters. The number of guanidine groups is 3. The smallest absolute Gasteiger partial charge is 0.326 e. The number of hydrogen-bond acceptors (Lipinski definition) is 24. The molecule has 43 heteroatoms. The van der Waals surface area contributed by atoms with Crippen LogP contribution in [0.15, 0.2) is 15.0 Å². The summed E-state index contributed by atoms with van der Waals surface area (Å²) in [6.45, 7) is 5.66. The monoisotopic (exact) mass is 1580 g/mol. The molecule has 43 nitrogen and oxygen atoms in total. The van der Waals surface area contributed by atoms with Gasteiger partial charge in [0.25, 0.3) is 0 Å². The Balaban J connectivity index is 7.64. The second-order valence-electron chi connectivity index (χ2n) is 27.5. The molecule has 0 fully saturated rings. The number of carbonyl (C=O) groups excluding carboxylic acids is 12. The van der Waals surface area contributed by atoms with Gasteiger partial charge in [0.05, 0.1) is 12.1 Å². The van der Waals surface area contributed by atoms with E-state index in [0.29, 0.717) is 57.9 Å². The minimum Gasteiger partial charge on any atom is -0.480 e. The number of nitrogens with one attached hydrogen (secondary N) is 11. The van der Waals surface area contributed by atoms with E-state index in [-0.39, 0.29) is 173 Å². The normalized spacial score (nSPS) is 14.6. The average Bonchev–Trinajstić information content (AvgIpc) is 0.858. The van der Waals surface area contributed by atoms with Gasteiger partial charge >= 0.3 is 5.97 Å². The number of carboxylic acid groups (broad SMARTS) is 1. The number of amides is 12. The Hall–Kier alpha value is -9.40. The molecule has 636 valence electrons. The average molecular weight is 1580 g/mol. The lowest BCUT2D eigenvalue weighted by atomic mass is 10.0. The van der Waals surface area contributed by atoms with Gasteiger partial charge in [0.15, 0.2) is 17.9 Å². The van der Waals surface area contributed by atoms with Gasteiger partial charge in [0.1, 0.15) is 66.5 Å². The summed E-state index contributed by atoms with van der Waals surface area (Å²) >= 11 is 0. The first-order valence-corrected chi connectivity index (χ1v) is 38.3. The summed E-state index contributed by atoms with van der Waals surface area (Å²) in [5.74, 6) is -13.7. The van der Waals surface area contributed by atoms with Crippen LogP contribution in [-0.4, -0.2) is 242 Å². The van der Waals surface area contributed by atoms with Gasteiger partial charge < -0.3 is 149 Å². The topological polar surface area (TPSA) is 796 Å². The largest absolute Gasteiger partial charge is 0.480 e. The van der Waals surface area contributed by atoms with Crippen molar-refractivity contribution in [2.45, 2.75) is 266 Å². The molecule has 0 saturated carbocycles. The Bertz CT molecular complexity index is 2940. The summed E-state index contributed by atoms with van der Waals surface area (Å²) in [6.07, 6.45) is 1.56. The zero-order valence-electron chi connectivity index (χ0n) is 65.0. The lowest BCUT2D eigenvalue weighted by Crippen LogP contribution is -2.61. The predicted octanol–water partition coefficient (Wildman–Crippen LogP) is -9.03. The third kappa shape index (κ3) is 45.5. The second-order valence-corrected chi connectivity index (χ2v) is 27.5. The fourth-order valence-electron chi connectivity index (χ4n) is 11.2. The molecule has 0 heterocycles. The molecule has 13 atom stereocenters. The van der Waals surface area contributed by atoms with E-state index in [2.05, 4.69) is 73.5 Å². The number of aliphatic imine (C=N–C) groups is 3. The van der Waals surface area contributed by atoms with Gasteiger partial charge in [0.2, 0.25) is 70.9 Å². The number of primary amides is 1. The maximum atomic E-state index is 14.8. The minimum absolute atomic E-state index is 0.0248. The van der Waals surface area contributed by atoms with E-state index in [0.717, 1.165) is 0 Å². The van der Waals surface area contributed by atoms with Crippen LogP contribution in [0, 0.1) is 5.92 Å². The third-order valence-electron chi connectivity index (χ3n) is 17.5. The van der Waals surface area contributed by atoms with Crippen LogP contribution >= 0.6 is 0 Å². The minimum atomic E-state index is -1.64. The summed E-state index contributed by atoms with van der Waals surface area (Å²) in [6, 6.07) is -17.2. The first-order chi connectivity index (χ1) is 52.6. The number of hydrogen-bond donors (Lipinski definition) is 27. The maximum Gasteiger partial charge on any atom is 0.326 e. The summed E-state index contributed by atoms with van der Waals surface area (Å²) in [5.41, 5.74) is 79.7. The molecule has 0 aliphatic carbocycles. The molecular weight excluding hydrogens is 1450 g/mol. The molecule has 0 aromatic heterocycles. The van der Waals surface area contributed by atoms with Crippen LogP contribution in [0.1, 0.15) is 188 Å². The maximum absolute atomic E-state index is 14.8. The Morgan fingerprint density at radius 3 is 0.766 bits per heavy atom. The van der Waals surface area contributed by atoms with Crippen LogP contribution in [-0.2, 0) is 62.3 Å². The molecule has 0 spiro atoms. The van der Waals surface area contributed by atoms with Crippen molar-refractivity contribution in [1.29, 1.82) is 0 Å². The number of nitrogens with two attached hydrogens (primary N) is 14. The number of carbonyl (C=O) groups is 13. The number of unbranched alkanes of at least 4 members (excludes halogenated alkanes) is 6. The van der Waals surface area contributed by atoms with Gasteiger partial charge in [-0.3, -0.25) is 72.5 Å². The highest BCUT2D eigenvalue weighted by Gasteiger charge is 2.38. The molecular formula is C68H134N28O15. The van der Waals surface area contributed by atoms with Crippen molar-refractivity contribution in [3.8, 4) is 0 Å². The van der Waals surface area contributed by atoms with Crippen LogP contribution < -0.4 is 139 Å². The Morgan fingerprint density at radius 2 is 0.514 bits per heavy atom. The van der Waals surface area contributed by atoms with E-state index < -0.39 is 174 Å². The highest BCUT2D eigenvalue weighted by molar-refractivity contribution is 5.99. The number of carboxylic acids is 1. The van der Waals surface area contributed by atoms with Crippen LogP contribution in [0.4, 0.5) is 0 Å². The summed E-state index contributed by atoms with van der Waals surface area (Å²) in [7, 11) is 0. The van der Waals surface area contributed by atoms with Crippen molar-refractivity contribution < 1.29 is 72.5 Å². The predicted molar refractivity (Wildman–Crippen MR) is 419 cm³/mol. The third-order valence-corrected chi connectivity index (χ3v) is 17.5. The fourth-order valence-corrected chi connectivity index (χ4v) is 11.2. The first kappa shape index (κ1) is 102. The number of aliphatic hydroxyl groups excluding tert-OH is 1. The van der Waals surface area contributed by atoms with E-state index in [1.165, 1.54) is 6.92 Å². The summed E-state index contributed by atoms with van der Waals surface area (Å²) in [4.78, 5) is 194. The van der Waals surface area contributed by atoms with Crippen LogP contribution in [0.25, 0.3) is 0 Å². The number of aliphatic carboxylic acids is 1. The van der Waals surface area contributed by atoms with Gasteiger partial charge in [-0.05, 0) is 206 Å². The summed E-state index contributed by atoms with van der Waals surface area (Å²) < 4.78 is 0. The highest BCUT2D eigenvalue weighted by atomic mass is 16.4. The molecule has 0 aromatic carbocycles. The van der Waals surface area contributed by atoms with Crippen molar-refractivity contribution in [2.24, 2.45) is 101 Å². The van der Waals surface area contributed by atoms with Crippen molar-refractivity contribution in [2.75, 3.05) is 58.9 Å². The zero-order valence-corrected chi connectivity index (χ0v) is 65.0. The van der Waals surface area contributed by atoms with Gasteiger partial charge in [-0.2, -0.15) is 0 Å². The molecule has 0 saturated heterocycles. The van der Waals surface area contributed by atoms with Gasteiger partial charge in [-0.1, -0.05) is 20.3 Å². The van der Waals surface area contributed by atoms with Crippen molar-refractivity contribution >= 4 is 94.7 Å². The van der Waals surface area contributed by atoms with E-state index in [4.69, 9.17) is 80.3 Å². The lowest BCUT2D eigenvalue weighted by Gasteiger charge is -2.29. The summed E-state index contributed by atoms with van der Waals surface area (Å²) in [5, 5.41) is 49.3. The molecule has 0 rings (SSSR count). The Labute approximate surface area is 649 Å².